The van der Waals surface area contributed by atoms with E-state index in [1.54, 1.807) is 0 Å². The Morgan fingerprint density at radius 1 is 1.12 bits per heavy atom. The van der Waals surface area contributed by atoms with Gasteiger partial charge in [-0.15, -0.1) is 0 Å². The van der Waals surface area contributed by atoms with Gasteiger partial charge in [0.15, 0.2) is 0 Å². The van der Waals surface area contributed by atoms with Gasteiger partial charge in [0.2, 0.25) is 0 Å². The van der Waals surface area contributed by atoms with E-state index in [0.717, 1.165) is 27.1 Å². The van der Waals surface area contributed by atoms with Crippen molar-refractivity contribution in [3.8, 4) is 5.75 Å². The zero-order valence-electron chi connectivity index (χ0n) is 10.5. The SMILES string of the molecule is Cc1c(C)c2c(c(C)c1O)C(C)(C)CS2=O. The molecule has 0 spiro atoms. The second-order valence-corrected chi connectivity index (χ2v) is 6.69. The molecule has 0 amide bonds. The molecule has 1 aromatic rings. The third-order valence-electron chi connectivity index (χ3n) is 3.61. The predicted molar refractivity (Wildman–Crippen MR) is 66.6 cm³/mol. The maximum atomic E-state index is 12.1. The second-order valence-electron chi connectivity index (χ2n) is 5.30. The van der Waals surface area contributed by atoms with E-state index in [9.17, 15) is 9.32 Å². The molecule has 3 heteroatoms. The third kappa shape index (κ3) is 1.34. The molecule has 1 unspecified atom stereocenters. The first kappa shape index (κ1) is 11.6. The van der Waals surface area contributed by atoms with Crippen LogP contribution in [0.3, 0.4) is 0 Å². The van der Waals surface area contributed by atoms with E-state index < -0.39 is 10.8 Å². The zero-order valence-corrected chi connectivity index (χ0v) is 11.3. The van der Waals surface area contributed by atoms with E-state index in [4.69, 9.17) is 0 Å². The van der Waals surface area contributed by atoms with Crippen LogP contribution < -0.4 is 0 Å². The van der Waals surface area contributed by atoms with Crippen LogP contribution in [0.15, 0.2) is 4.90 Å². The van der Waals surface area contributed by atoms with Gasteiger partial charge in [-0.3, -0.25) is 4.21 Å². The van der Waals surface area contributed by atoms with Crippen molar-refractivity contribution < 1.29 is 9.32 Å². The van der Waals surface area contributed by atoms with Crippen LogP contribution in [0.4, 0.5) is 0 Å². The van der Waals surface area contributed by atoms with Gasteiger partial charge in [0.1, 0.15) is 5.75 Å². The predicted octanol–water partition coefficient (Wildman–Crippen LogP) is 2.72. The molecule has 2 rings (SSSR count). The van der Waals surface area contributed by atoms with Crippen molar-refractivity contribution in [3.63, 3.8) is 0 Å². The summed E-state index contributed by atoms with van der Waals surface area (Å²) in [6.07, 6.45) is 0. The van der Waals surface area contributed by atoms with Gasteiger partial charge in [-0.2, -0.15) is 0 Å². The first-order valence-electron chi connectivity index (χ1n) is 5.49. The van der Waals surface area contributed by atoms with Crippen LogP contribution in [0.2, 0.25) is 0 Å². The van der Waals surface area contributed by atoms with Crippen molar-refractivity contribution in [2.24, 2.45) is 0 Å². The molecule has 0 bridgehead atoms. The maximum Gasteiger partial charge on any atom is 0.122 e. The van der Waals surface area contributed by atoms with Crippen LogP contribution in [0.5, 0.6) is 5.75 Å². The van der Waals surface area contributed by atoms with Crippen molar-refractivity contribution in [3.05, 3.63) is 22.3 Å². The van der Waals surface area contributed by atoms with E-state index in [-0.39, 0.29) is 5.41 Å². The minimum atomic E-state index is -0.919. The normalized spacial score (nSPS) is 22.2. The fourth-order valence-electron chi connectivity index (χ4n) is 2.68. The summed E-state index contributed by atoms with van der Waals surface area (Å²) in [5.41, 5.74) is 3.74. The van der Waals surface area contributed by atoms with E-state index in [0.29, 0.717) is 11.5 Å². The minimum Gasteiger partial charge on any atom is -0.507 e. The molecule has 0 aliphatic carbocycles. The lowest BCUT2D eigenvalue weighted by Gasteiger charge is -2.22. The van der Waals surface area contributed by atoms with Gasteiger partial charge in [0.05, 0.1) is 10.8 Å². The molecular formula is C13H18O2S. The molecular weight excluding hydrogens is 220 g/mol. The fourth-order valence-corrected chi connectivity index (χ4v) is 4.77. The summed E-state index contributed by atoms with van der Waals surface area (Å²) < 4.78 is 12.1. The summed E-state index contributed by atoms with van der Waals surface area (Å²) in [7, 11) is -0.919. The van der Waals surface area contributed by atoms with Gasteiger partial charge >= 0.3 is 0 Å². The number of phenolic OH excluding ortho intramolecular Hbond substituents is 1. The lowest BCUT2D eigenvalue weighted by molar-refractivity contribution is 0.460. The molecule has 2 nitrogen and oxygen atoms in total. The van der Waals surface area contributed by atoms with Crippen LogP contribution >= 0.6 is 0 Å². The first-order valence-corrected chi connectivity index (χ1v) is 6.81. The van der Waals surface area contributed by atoms with Crippen LogP contribution in [0.25, 0.3) is 0 Å². The van der Waals surface area contributed by atoms with Gasteiger partial charge < -0.3 is 5.11 Å². The summed E-state index contributed by atoms with van der Waals surface area (Å²) in [6.45, 7) is 9.95. The fraction of sp³-hybridized carbons (Fsp3) is 0.538. The highest BCUT2D eigenvalue weighted by atomic mass is 32.2. The summed E-state index contributed by atoms with van der Waals surface area (Å²) in [5, 5.41) is 10.1. The van der Waals surface area contributed by atoms with E-state index in [2.05, 4.69) is 13.8 Å². The summed E-state index contributed by atoms with van der Waals surface area (Å²) in [4.78, 5) is 0.956. The molecule has 0 saturated heterocycles. The van der Waals surface area contributed by atoms with Crippen LogP contribution in [0, 0.1) is 20.8 Å². The number of rotatable bonds is 0. The average Bonchev–Trinajstić information content (AvgIpc) is 2.42. The highest BCUT2D eigenvalue weighted by Crippen LogP contribution is 2.45. The topological polar surface area (TPSA) is 37.3 Å². The van der Waals surface area contributed by atoms with Gasteiger partial charge in [-0.25, -0.2) is 0 Å². The van der Waals surface area contributed by atoms with E-state index in [1.807, 2.05) is 20.8 Å². The minimum absolute atomic E-state index is 0.0970. The summed E-state index contributed by atoms with van der Waals surface area (Å²) >= 11 is 0. The van der Waals surface area contributed by atoms with Crippen molar-refractivity contribution in [1.29, 1.82) is 0 Å². The first-order chi connectivity index (χ1) is 7.27. The number of benzene rings is 1. The van der Waals surface area contributed by atoms with Crippen LogP contribution in [-0.2, 0) is 16.2 Å². The molecule has 1 atom stereocenters. The van der Waals surface area contributed by atoms with Crippen LogP contribution in [0.1, 0.15) is 36.1 Å². The van der Waals surface area contributed by atoms with Gasteiger partial charge in [-0.05, 0) is 43.0 Å². The molecule has 0 saturated carbocycles. The Balaban J connectivity index is 2.91. The van der Waals surface area contributed by atoms with Crippen molar-refractivity contribution in [1.82, 2.24) is 0 Å². The van der Waals surface area contributed by atoms with Crippen molar-refractivity contribution >= 4 is 10.8 Å². The van der Waals surface area contributed by atoms with Crippen molar-refractivity contribution in [2.45, 2.75) is 44.9 Å². The Labute approximate surface area is 99.1 Å². The molecule has 16 heavy (non-hydrogen) atoms. The molecule has 1 N–H and O–H groups in total. The number of hydrogen-bond donors (Lipinski definition) is 1. The highest BCUT2D eigenvalue weighted by Gasteiger charge is 2.39. The average molecular weight is 238 g/mol. The quantitative estimate of drug-likeness (QED) is 0.754. The second kappa shape index (κ2) is 3.33. The molecule has 0 fully saturated rings. The summed E-state index contributed by atoms with van der Waals surface area (Å²) in [6, 6.07) is 0. The number of aromatic hydroxyl groups is 1. The maximum absolute atomic E-state index is 12.1. The Morgan fingerprint density at radius 3 is 2.25 bits per heavy atom. The molecule has 1 aliphatic heterocycles. The number of hydrogen-bond acceptors (Lipinski definition) is 2. The lowest BCUT2D eigenvalue weighted by Crippen LogP contribution is -2.18. The molecule has 0 aromatic heterocycles. The van der Waals surface area contributed by atoms with Gasteiger partial charge in [0, 0.05) is 16.1 Å². The van der Waals surface area contributed by atoms with Crippen molar-refractivity contribution in [2.75, 3.05) is 5.75 Å². The van der Waals surface area contributed by atoms with Gasteiger partial charge in [0.25, 0.3) is 0 Å². The molecule has 0 radical (unpaired) electrons. The molecule has 1 heterocycles. The third-order valence-corrected chi connectivity index (χ3v) is 5.56. The Hall–Kier alpha value is -0.830. The highest BCUT2D eigenvalue weighted by molar-refractivity contribution is 7.85. The molecule has 1 aliphatic rings. The summed E-state index contributed by atoms with van der Waals surface area (Å²) in [5.74, 6) is 1.02. The number of phenols is 1. The zero-order chi connectivity index (χ0) is 12.2. The Bertz CT molecular complexity index is 501. The smallest absolute Gasteiger partial charge is 0.122 e. The lowest BCUT2D eigenvalue weighted by atomic mass is 9.82. The van der Waals surface area contributed by atoms with Gasteiger partial charge in [-0.1, -0.05) is 13.8 Å². The van der Waals surface area contributed by atoms with E-state index in [1.165, 1.54) is 0 Å². The standard InChI is InChI=1S/C13H18O2S/c1-7-8(2)12-10(9(3)11(7)14)13(4,5)6-16(12)15/h14H,6H2,1-5H3. The van der Waals surface area contributed by atoms with E-state index >= 15 is 0 Å². The van der Waals surface area contributed by atoms with Crippen LogP contribution in [-0.4, -0.2) is 15.1 Å². The molecule has 88 valence electrons. The largest absolute Gasteiger partial charge is 0.507 e. The molecule has 1 aromatic carbocycles. The Morgan fingerprint density at radius 2 is 1.69 bits per heavy atom. The Kier molecular flexibility index (Phi) is 2.42. The number of fused-ring (bicyclic) bond motifs is 1. The monoisotopic (exact) mass is 238 g/mol.